The minimum absolute atomic E-state index is 0.0191. The highest BCUT2D eigenvalue weighted by atomic mass is 79.9. The molecule has 0 saturated heterocycles. The van der Waals surface area contributed by atoms with E-state index >= 15 is 0 Å². The molecule has 0 atom stereocenters. The first-order valence-electron chi connectivity index (χ1n) is 6.68. The van der Waals surface area contributed by atoms with Crippen LogP contribution >= 0.6 is 15.9 Å². The Bertz CT molecular complexity index is 858. The molecule has 0 fully saturated rings. The summed E-state index contributed by atoms with van der Waals surface area (Å²) in [7, 11) is 0. The van der Waals surface area contributed by atoms with Crippen molar-refractivity contribution in [3.05, 3.63) is 70.3 Å². The van der Waals surface area contributed by atoms with Gasteiger partial charge in [-0.05, 0) is 36.4 Å². The summed E-state index contributed by atoms with van der Waals surface area (Å²) >= 11 is 3.41. The fourth-order valence-corrected chi connectivity index (χ4v) is 2.92. The summed E-state index contributed by atoms with van der Waals surface area (Å²) in [6, 6.07) is 17.6. The van der Waals surface area contributed by atoms with Gasteiger partial charge in [0, 0.05) is 15.5 Å². The quantitative estimate of drug-likeness (QED) is 0.667. The van der Waals surface area contributed by atoms with Gasteiger partial charge < -0.3 is 4.90 Å². The zero-order valence-electron chi connectivity index (χ0n) is 11.1. The smallest absolute Gasteiger partial charge is 0.260 e. The first-order valence-corrected chi connectivity index (χ1v) is 7.48. The maximum absolute atomic E-state index is 12.6. The van der Waals surface area contributed by atoms with E-state index < -0.39 is 0 Å². The highest BCUT2D eigenvalue weighted by molar-refractivity contribution is 9.10. The van der Waals surface area contributed by atoms with E-state index in [0.717, 1.165) is 26.8 Å². The molecule has 0 unspecified atom stereocenters. The van der Waals surface area contributed by atoms with E-state index in [-0.39, 0.29) is 5.91 Å². The van der Waals surface area contributed by atoms with E-state index in [2.05, 4.69) is 20.9 Å². The molecule has 0 bridgehead atoms. The summed E-state index contributed by atoms with van der Waals surface area (Å²) in [4.78, 5) is 19.0. The van der Waals surface area contributed by atoms with Gasteiger partial charge in [-0.2, -0.15) is 0 Å². The number of rotatable bonds is 1. The van der Waals surface area contributed by atoms with Crippen LogP contribution in [-0.2, 0) is 6.54 Å². The zero-order valence-corrected chi connectivity index (χ0v) is 12.7. The summed E-state index contributed by atoms with van der Waals surface area (Å²) in [6.45, 7) is 0.528. The number of pyridine rings is 1. The maximum atomic E-state index is 12.6. The van der Waals surface area contributed by atoms with Crippen LogP contribution in [0.15, 0.2) is 59.1 Å². The molecule has 4 heteroatoms. The highest BCUT2D eigenvalue weighted by Crippen LogP contribution is 2.30. The van der Waals surface area contributed by atoms with Gasteiger partial charge in [0.1, 0.15) is 0 Å². The van der Waals surface area contributed by atoms with Crippen LogP contribution < -0.4 is 4.90 Å². The highest BCUT2D eigenvalue weighted by Gasteiger charge is 2.30. The van der Waals surface area contributed by atoms with E-state index in [1.807, 2.05) is 54.6 Å². The second kappa shape index (κ2) is 4.67. The lowest BCUT2D eigenvalue weighted by Gasteiger charge is -2.15. The second-order valence-electron chi connectivity index (χ2n) is 5.04. The lowest BCUT2D eigenvalue weighted by atomic mass is 10.1. The third-order valence-corrected chi connectivity index (χ3v) is 4.25. The monoisotopic (exact) mass is 338 g/mol. The van der Waals surface area contributed by atoms with Crippen molar-refractivity contribution in [3.63, 3.8) is 0 Å². The lowest BCUT2D eigenvalue weighted by molar-refractivity contribution is 0.0996. The molecular formula is C17H11BrN2O. The Morgan fingerprint density at radius 1 is 1.05 bits per heavy atom. The van der Waals surface area contributed by atoms with Crippen molar-refractivity contribution >= 4 is 38.4 Å². The van der Waals surface area contributed by atoms with Gasteiger partial charge in [-0.25, -0.2) is 0 Å². The van der Waals surface area contributed by atoms with E-state index in [4.69, 9.17) is 0 Å². The number of para-hydroxylation sites is 1. The van der Waals surface area contributed by atoms with Crippen LogP contribution in [0.25, 0.3) is 10.9 Å². The lowest BCUT2D eigenvalue weighted by Crippen LogP contribution is -2.22. The van der Waals surface area contributed by atoms with Crippen molar-refractivity contribution in [3.8, 4) is 0 Å². The Morgan fingerprint density at radius 3 is 2.62 bits per heavy atom. The summed E-state index contributed by atoms with van der Waals surface area (Å²) in [5, 5.41) is 1.00. The first-order chi connectivity index (χ1) is 10.2. The summed E-state index contributed by atoms with van der Waals surface area (Å²) < 4.78 is 0.999. The van der Waals surface area contributed by atoms with Crippen LogP contribution in [0.4, 0.5) is 5.69 Å². The van der Waals surface area contributed by atoms with E-state index in [0.29, 0.717) is 12.1 Å². The largest absolute Gasteiger partial charge is 0.302 e. The molecule has 102 valence electrons. The number of hydrogen-bond acceptors (Lipinski definition) is 2. The molecule has 1 aliphatic rings. The van der Waals surface area contributed by atoms with E-state index in [1.54, 1.807) is 4.90 Å². The van der Waals surface area contributed by atoms with Crippen LogP contribution in [0.3, 0.4) is 0 Å². The number of amides is 1. The van der Waals surface area contributed by atoms with E-state index in [9.17, 15) is 4.79 Å². The van der Waals surface area contributed by atoms with Crippen molar-refractivity contribution in [2.75, 3.05) is 4.90 Å². The molecule has 2 aromatic carbocycles. The molecule has 0 saturated carbocycles. The zero-order chi connectivity index (χ0) is 14.4. The Kier molecular flexibility index (Phi) is 2.79. The first kappa shape index (κ1) is 12.5. The van der Waals surface area contributed by atoms with Crippen molar-refractivity contribution < 1.29 is 4.79 Å². The number of carbonyl (C=O) groups is 1. The SMILES string of the molecule is O=C1c2cc3ccccc3nc2CN1c1ccc(Br)cc1. The number of hydrogen-bond donors (Lipinski definition) is 0. The molecule has 4 rings (SSSR count). The van der Waals surface area contributed by atoms with Gasteiger partial charge >= 0.3 is 0 Å². The minimum Gasteiger partial charge on any atom is -0.302 e. The molecule has 0 radical (unpaired) electrons. The Balaban J connectivity index is 1.80. The van der Waals surface area contributed by atoms with Crippen LogP contribution in [-0.4, -0.2) is 10.9 Å². The average molecular weight is 339 g/mol. The fourth-order valence-electron chi connectivity index (χ4n) is 2.66. The number of carbonyl (C=O) groups excluding carboxylic acids is 1. The number of halogens is 1. The number of aromatic nitrogens is 1. The normalized spacial score (nSPS) is 13.8. The fraction of sp³-hybridized carbons (Fsp3) is 0.0588. The summed E-state index contributed by atoms with van der Waals surface area (Å²) in [6.07, 6.45) is 0. The van der Waals surface area contributed by atoms with Gasteiger partial charge in [0.2, 0.25) is 0 Å². The van der Waals surface area contributed by atoms with Crippen molar-refractivity contribution in [2.45, 2.75) is 6.54 Å². The minimum atomic E-state index is 0.0191. The van der Waals surface area contributed by atoms with Crippen LogP contribution in [0.5, 0.6) is 0 Å². The van der Waals surface area contributed by atoms with Gasteiger partial charge in [0.15, 0.2) is 0 Å². The average Bonchev–Trinajstić information content (AvgIpc) is 2.82. The predicted molar refractivity (Wildman–Crippen MR) is 86.4 cm³/mol. The Morgan fingerprint density at radius 2 is 1.81 bits per heavy atom. The molecule has 0 aliphatic carbocycles. The van der Waals surface area contributed by atoms with Gasteiger partial charge in [-0.15, -0.1) is 0 Å². The van der Waals surface area contributed by atoms with Crippen molar-refractivity contribution in [1.82, 2.24) is 4.98 Å². The molecule has 1 amide bonds. The van der Waals surface area contributed by atoms with Gasteiger partial charge in [-0.3, -0.25) is 9.78 Å². The molecule has 3 aromatic rings. The van der Waals surface area contributed by atoms with Gasteiger partial charge in [-0.1, -0.05) is 34.1 Å². The Labute approximate surface area is 130 Å². The number of anilines is 1. The van der Waals surface area contributed by atoms with Crippen LogP contribution in [0.2, 0.25) is 0 Å². The number of benzene rings is 2. The molecule has 0 N–H and O–H groups in total. The molecule has 1 aromatic heterocycles. The third kappa shape index (κ3) is 2.03. The standard InChI is InChI=1S/C17H11BrN2O/c18-12-5-7-13(8-6-12)20-10-16-14(17(20)21)9-11-3-1-2-4-15(11)19-16/h1-9H,10H2. The second-order valence-corrected chi connectivity index (χ2v) is 5.96. The predicted octanol–water partition coefficient (Wildman–Crippen LogP) is 4.16. The van der Waals surface area contributed by atoms with Gasteiger partial charge in [0.25, 0.3) is 5.91 Å². The Hall–Kier alpha value is -2.20. The number of fused-ring (bicyclic) bond motifs is 2. The molecule has 1 aliphatic heterocycles. The van der Waals surface area contributed by atoms with Crippen molar-refractivity contribution in [2.24, 2.45) is 0 Å². The van der Waals surface area contributed by atoms with Gasteiger partial charge in [0.05, 0.1) is 23.3 Å². The van der Waals surface area contributed by atoms with E-state index in [1.165, 1.54) is 0 Å². The van der Waals surface area contributed by atoms with Crippen molar-refractivity contribution in [1.29, 1.82) is 0 Å². The molecule has 2 heterocycles. The van der Waals surface area contributed by atoms with Crippen LogP contribution in [0, 0.1) is 0 Å². The molecule has 3 nitrogen and oxygen atoms in total. The molecule has 0 spiro atoms. The van der Waals surface area contributed by atoms with Crippen LogP contribution in [0.1, 0.15) is 16.1 Å². The summed E-state index contributed by atoms with van der Waals surface area (Å²) in [5.74, 6) is 0.0191. The topological polar surface area (TPSA) is 33.2 Å². The summed E-state index contributed by atoms with van der Waals surface area (Å²) in [5.41, 5.74) is 3.38. The molecular weight excluding hydrogens is 328 g/mol. The number of nitrogens with zero attached hydrogens (tertiary/aromatic N) is 2. The third-order valence-electron chi connectivity index (χ3n) is 3.72. The molecule has 21 heavy (non-hydrogen) atoms. The maximum Gasteiger partial charge on any atom is 0.260 e.